The van der Waals surface area contributed by atoms with Gasteiger partial charge >= 0.3 is 0 Å². The number of aliphatic hydroxyl groups is 1. The van der Waals surface area contributed by atoms with Crippen LogP contribution >= 0.6 is 15.9 Å². The predicted molar refractivity (Wildman–Crippen MR) is 44.9 cm³/mol. The second-order valence-electron chi connectivity index (χ2n) is 2.52. The Bertz CT molecular complexity index is 228. The van der Waals surface area contributed by atoms with E-state index in [0.717, 1.165) is 0 Å². The molecule has 66 valence electrons. The van der Waals surface area contributed by atoms with Crippen LogP contribution in [0, 0.1) is 0 Å². The van der Waals surface area contributed by atoms with Gasteiger partial charge in [0.1, 0.15) is 4.66 Å². The fraction of sp³-hybridized carbons (Fsp3) is 1.00. The SMILES string of the molecule is O=S(=O)(CBr)N1CC[C@H](O)C1. The first-order valence-electron chi connectivity index (χ1n) is 3.28. The molecular formula is C5H10BrNO3S. The van der Waals surface area contributed by atoms with Crippen molar-refractivity contribution in [1.82, 2.24) is 4.31 Å². The molecule has 4 nitrogen and oxygen atoms in total. The standard InChI is InChI=1S/C5H10BrNO3S/c6-4-11(9,10)7-2-1-5(8)3-7/h5,8H,1-4H2/t5-/m0/s1. The maximum absolute atomic E-state index is 11.1. The van der Waals surface area contributed by atoms with Gasteiger partial charge in [0.15, 0.2) is 0 Å². The number of rotatable bonds is 2. The fourth-order valence-electron chi connectivity index (χ4n) is 1.03. The van der Waals surface area contributed by atoms with Gasteiger partial charge in [-0.15, -0.1) is 0 Å². The lowest BCUT2D eigenvalue weighted by atomic mass is 10.3. The van der Waals surface area contributed by atoms with Crippen LogP contribution in [0.25, 0.3) is 0 Å². The molecule has 1 saturated heterocycles. The van der Waals surface area contributed by atoms with Crippen molar-refractivity contribution < 1.29 is 13.5 Å². The van der Waals surface area contributed by atoms with Gasteiger partial charge in [0.25, 0.3) is 0 Å². The maximum atomic E-state index is 11.1. The third-order valence-electron chi connectivity index (χ3n) is 1.66. The molecule has 1 aliphatic rings. The molecule has 0 aromatic rings. The highest BCUT2D eigenvalue weighted by molar-refractivity contribution is 9.10. The Labute approximate surface area is 74.4 Å². The molecule has 0 amide bonds. The normalized spacial score (nSPS) is 27.6. The summed E-state index contributed by atoms with van der Waals surface area (Å²) in [5.41, 5.74) is 0. The Hall–Kier alpha value is 0.350. The zero-order valence-electron chi connectivity index (χ0n) is 5.90. The second-order valence-corrected chi connectivity index (χ2v) is 5.79. The predicted octanol–water partition coefficient (Wildman–Crippen LogP) is -0.265. The Kier molecular flexibility index (Phi) is 2.90. The highest BCUT2D eigenvalue weighted by atomic mass is 79.9. The van der Waals surface area contributed by atoms with E-state index in [-0.39, 0.29) is 11.2 Å². The molecule has 0 saturated carbocycles. The van der Waals surface area contributed by atoms with Gasteiger partial charge in [-0.3, -0.25) is 0 Å². The molecule has 11 heavy (non-hydrogen) atoms. The number of sulfonamides is 1. The molecule has 0 aromatic heterocycles. The van der Waals surface area contributed by atoms with E-state index in [1.807, 2.05) is 0 Å². The minimum atomic E-state index is -3.14. The Morgan fingerprint density at radius 1 is 1.64 bits per heavy atom. The van der Waals surface area contributed by atoms with Gasteiger partial charge in [-0.1, -0.05) is 15.9 Å². The van der Waals surface area contributed by atoms with E-state index in [4.69, 9.17) is 5.11 Å². The van der Waals surface area contributed by atoms with Crippen LogP contribution in [0.3, 0.4) is 0 Å². The minimum absolute atomic E-state index is 0.0628. The van der Waals surface area contributed by atoms with Gasteiger partial charge in [-0.05, 0) is 6.42 Å². The monoisotopic (exact) mass is 243 g/mol. The first-order chi connectivity index (χ1) is 5.06. The van der Waals surface area contributed by atoms with Crippen molar-refractivity contribution in [2.75, 3.05) is 17.8 Å². The van der Waals surface area contributed by atoms with E-state index >= 15 is 0 Å². The second kappa shape index (κ2) is 3.38. The Balaban J connectivity index is 2.64. The van der Waals surface area contributed by atoms with Gasteiger partial charge in [0.05, 0.1) is 6.10 Å². The summed E-state index contributed by atoms with van der Waals surface area (Å²) in [6.07, 6.45) is 0.0653. The van der Waals surface area contributed by atoms with Crippen LogP contribution in [-0.2, 0) is 10.0 Å². The lowest BCUT2D eigenvalue weighted by molar-refractivity contribution is 0.189. The first kappa shape index (κ1) is 9.44. The number of alkyl halides is 1. The van der Waals surface area contributed by atoms with Crippen LogP contribution in [0.1, 0.15) is 6.42 Å². The molecule has 1 fully saturated rings. The Morgan fingerprint density at radius 3 is 2.64 bits per heavy atom. The molecular weight excluding hydrogens is 234 g/mol. The van der Waals surface area contributed by atoms with E-state index in [2.05, 4.69) is 15.9 Å². The van der Waals surface area contributed by atoms with E-state index in [1.165, 1.54) is 4.31 Å². The summed E-state index contributed by atoms with van der Waals surface area (Å²) < 4.78 is 23.5. The van der Waals surface area contributed by atoms with Crippen LogP contribution in [0.4, 0.5) is 0 Å². The highest BCUT2D eigenvalue weighted by Crippen LogP contribution is 2.14. The molecule has 1 atom stereocenters. The molecule has 0 aromatic carbocycles. The summed E-state index contributed by atoms with van der Waals surface area (Å²) in [6, 6.07) is 0. The summed E-state index contributed by atoms with van der Waals surface area (Å²) in [4.78, 5) is 0. The van der Waals surface area contributed by atoms with Crippen molar-refractivity contribution in [3.05, 3.63) is 0 Å². The van der Waals surface area contributed by atoms with E-state index in [1.54, 1.807) is 0 Å². The van der Waals surface area contributed by atoms with Crippen molar-refractivity contribution in [2.24, 2.45) is 0 Å². The average molecular weight is 244 g/mol. The van der Waals surface area contributed by atoms with Crippen molar-refractivity contribution in [3.8, 4) is 0 Å². The summed E-state index contributed by atoms with van der Waals surface area (Å²) in [6.45, 7) is 0.684. The number of β-amino-alcohol motifs (C(OH)–C–C–N with tert-alkyl or cyclic N) is 1. The van der Waals surface area contributed by atoms with Crippen molar-refractivity contribution >= 4 is 26.0 Å². The largest absolute Gasteiger partial charge is 0.392 e. The summed E-state index contributed by atoms with van der Waals surface area (Å²) in [5, 5.41) is 9.04. The molecule has 0 bridgehead atoms. The zero-order valence-corrected chi connectivity index (χ0v) is 8.31. The molecule has 0 radical (unpaired) electrons. The Morgan fingerprint density at radius 2 is 2.27 bits per heavy atom. The van der Waals surface area contributed by atoms with Crippen molar-refractivity contribution in [2.45, 2.75) is 12.5 Å². The number of nitrogens with zero attached hydrogens (tertiary/aromatic N) is 1. The molecule has 1 aliphatic heterocycles. The summed E-state index contributed by atoms with van der Waals surface area (Å²) in [5.74, 6) is 0. The quantitative estimate of drug-likeness (QED) is 0.680. The van der Waals surface area contributed by atoms with Gasteiger partial charge in [0.2, 0.25) is 10.0 Å². The molecule has 1 rings (SSSR count). The average Bonchev–Trinajstić information content (AvgIpc) is 2.36. The van der Waals surface area contributed by atoms with Gasteiger partial charge < -0.3 is 5.11 Å². The van der Waals surface area contributed by atoms with Crippen LogP contribution < -0.4 is 0 Å². The van der Waals surface area contributed by atoms with Crippen LogP contribution in [0.15, 0.2) is 0 Å². The third kappa shape index (κ3) is 2.14. The molecule has 1 heterocycles. The minimum Gasteiger partial charge on any atom is -0.392 e. The third-order valence-corrected chi connectivity index (χ3v) is 4.79. The molecule has 0 spiro atoms. The lowest BCUT2D eigenvalue weighted by Gasteiger charge is -2.12. The molecule has 6 heteroatoms. The summed E-state index contributed by atoms with van der Waals surface area (Å²) in [7, 11) is -3.14. The molecule has 0 unspecified atom stereocenters. The van der Waals surface area contributed by atoms with Gasteiger partial charge in [-0.2, -0.15) is 4.31 Å². The van der Waals surface area contributed by atoms with E-state index in [0.29, 0.717) is 13.0 Å². The first-order valence-corrected chi connectivity index (χ1v) is 6.01. The summed E-state index contributed by atoms with van der Waals surface area (Å²) >= 11 is 2.89. The number of halogens is 1. The van der Waals surface area contributed by atoms with E-state index < -0.39 is 16.1 Å². The van der Waals surface area contributed by atoms with Crippen LogP contribution in [0.2, 0.25) is 0 Å². The van der Waals surface area contributed by atoms with Gasteiger partial charge in [0, 0.05) is 13.1 Å². The highest BCUT2D eigenvalue weighted by Gasteiger charge is 2.28. The number of hydrogen-bond acceptors (Lipinski definition) is 3. The zero-order chi connectivity index (χ0) is 8.48. The smallest absolute Gasteiger partial charge is 0.224 e. The molecule has 1 N–H and O–H groups in total. The van der Waals surface area contributed by atoms with Crippen LogP contribution in [0.5, 0.6) is 0 Å². The topological polar surface area (TPSA) is 57.6 Å². The van der Waals surface area contributed by atoms with E-state index in [9.17, 15) is 8.42 Å². The van der Waals surface area contributed by atoms with Gasteiger partial charge in [-0.25, -0.2) is 8.42 Å². The lowest BCUT2D eigenvalue weighted by Crippen LogP contribution is -2.30. The van der Waals surface area contributed by atoms with Crippen molar-refractivity contribution in [1.29, 1.82) is 0 Å². The van der Waals surface area contributed by atoms with Crippen molar-refractivity contribution in [3.63, 3.8) is 0 Å². The number of aliphatic hydroxyl groups excluding tert-OH is 1. The van der Waals surface area contributed by atoms with Crippen LogP contribution in [-0.4, -0.2) is 41.7 Å². The number of hydrogen-bond donors (Lipinski definition) is 1. The molecule has 0 aliphatic carbocycles. The maximum Gasteiger partial charge on any atom is 0.224 e. The fourth-order valence-corrected chi connectivity index (χ4v) is 2.82.